The molecule has 0 aliphatic rings. The summed E-state index contributed by atoms with van der Waals surface area (Å²) in [6.07, 6.45) is 0.583. The predicted molar refractivity (Wildman–Crippen MR) is 95.1 cm³/mol. The third-order valence-corrected chi connectivity index (χ3v) is 3.89. The Bertz CT molecular complexity index is 863. The molecule has 1 heterocycles. The van der Waals surface area contributed by atoms with Gasteiger partial charge in [-0.3, -0.25) is 9.78 Å². The molecule has 0 radical (unpaired) electrons. The van der Waals surface area contributed by atoms with Crippen molar-refractivity contribution in [3.63, 3.8) is 0 Å². The second-order valence-corrected chi connectivity index (χ2v) is 5.79. The number of methoxy groups -OCH3 is 1. The van der Waals surface area contributed by atoms with Gasteiger partial charge >= 0.3 is 6.03 Å². The number of amides is 2. The Kier molecular flexibility index (Phi) is 5.99. The van der Waals surface area contributed by atoms with Crippen LogP contribution in [0.1, 0.15) is 6.42 Å². The molecule has 0 aliphatic carbocycles. The van der Waals surface area contributed by atoms with Gasteiger partial charge in [0.05, 0.1) is 12.8 Å². The van der Waals surface area contributed by atoms with Crippen molar-refractivity contribution < 1.29 is 9.53 Å². The number of urea groups is 1. The fourth-order valence-electron chi connectivity index (χ4n) is 2.29. The Balaban J connectivity index is 2.46. The number of nitrogens with zero attached hydrogens (tertiary/aromatic N) is 1. The number of aromatic amines is 1. The monoisotopic (exact) mass is 368 g/mol. The third-order valence-electron chi connectivity index (χ3n) is 3.33. The van der Waals surface area contributed by atoms with E-state index in [4.69, 9.17) is 34.3 Å². The molecular weight excluding hydrogens is 352 g/mol. The van der Waals surface area contributed by atoms with Crippen LogP contribution in [0.5, 0.6) is 5.75 Å². The molecule has 1 aromatic heterocycles. The van der Waals surface area contributed by atoms with Gasteiger partial charge in [-0.2, -0.15) is 0 Å². The molecular formula is C15H17ClN4O3S. The molecule has 4 N–H and O–H groups in total. The zero-order valence-corrected chi connectivity index (χ0v) is 14.5. The number of ether oxygens (including phenoxy) is 1. The van der Waals surface area contributed by atoms with Gasteiger partial charge < -0.3 is 20.4 Å². The lowest BCUT2D eigenvalue weighted by atomic mass is 10.1. The summed E-state index contributed by atoms with van der Waals surface area (Å²) in [4.78, 5) is 25.2. The van der Waals surface area contributed by atoms with Gasteiger partial charge in [-0.05, 0) is 36.8 Å². The van der Waals surface area contributed by atoms with Gasteiger partial charge in [0.15, 0.2) is 4.77 Å². The van der Waals surface area contributed by atoms with Crippen LogP contribution in [0.3, 0.4) is 0 Å². The van der Waals surface area contributed by atoms with E-state index in [1.54, 1.807) is 22.8 Å². The maximum absolute atomic E-state index is 11.9. The zero-order chi connectivity index (χ0) is 17.7. The molecule has 0 bridgehead atoms. The van der Waals surface area contributed by atoms with Gasteiger partial charge in [0.2, 0.25) is 0 Å². The van der Waals surface area contributed by atoms with Gasteiger partial charge in [-0.15, -0.1) is 0 Å². The summed E-state index contributed by atoms with van der Waals surface area (Å²) in [7, 11) is 1.54. The number of carbonyl (C=O) groups is 1. The van der Waals surface area contributed by atoms with Crippen LogP contribution in [-0.4, -0.2) is 29.2 Å². The minimum Gasteiger partial charge on any atom is -0.496 e. The molecule has 0 fully saturated rings. The summed E-state index contributed by atoms with van der Waals surface area (Å²) < 4.78 is 7.39. The number of hydrogen-bond acceptors (Lipinski definition) is 4. The van der Waals surface area contributed by atoms with Crippen LogP contribution in [0.25, 0.3) is 11.3 Å². The van der Waals surface area contributed by atoms with E-state index in [9.17, 15) is 9.59 Å². The van der Waals surface area contributed by atoms with Crippen LogP contribution in [0.4, 0.5) is 4.79 Å². The first kappa shape index (κ1) is 18.0. The number of H-pyrrole nitrogens is 1. The number of nitrogens with two attached hydrogens (primary N) is 1. The highest BCUT2D eigenvalue weighted by molar-refractivity contribution is 7.71. The molecule has 2 amide bonds. The van der Waals surface area contributed by atoms with Crippen molar-refractivity contribution in [2.75, 3.05) is 13.7 Å². The molecule has 0 spiro atoms. The van der Waals surface area contributed by atoms with Crippen molar-refractivity contribution in [1.82, 2.24) is 14.9 Å². The minimum atomic E-state index is -0.586. The largest absolute Gasteiger partial charge is 0.496 e. The first-order valence-electron chi connectivity index (χ1n) is 7.13. The van der Waals surface area contributed by atoms with Crippen LogP contribution < -0.4 is 21.3 Å². The van der Waals surface area contributed by atoms with E-state index in [1.165, 1.54) is 13.2 Å². The number of nitrogens with one attached hydrogen (secondary N) is 2. The molecule has 0 saturated carbocycles. The maximum Gasteiger partial charge on any atom is 0.312 e. The molecule has 9 heteroatoms. The van der Waals surface area contributed by atoms with Gasteiger partial charge in [0.25, 0.3) is 5.56 Å². The van der Waals surface area contributed by atoms with Crippen molar-refractivity contribution >= 4 is 29.8 Å². The van der Waals surface area contributed by atoms with Crippen LogP contribution >= 0.6 is 23.8 Å². The van der Waals surface area contributed by atoms with Crippen LogP contribution in [0.15, 0.2) is 29.1 Å². The van der Waals surface area contributed by atoms with Crippen molar-refractivity contribution in [1.29, 1.82) is 0 Å². The average Bonchev–Trinajstić information content (AvgIpc) is 2.52. The summed E-state index contributed by atoms with van der Waals surface area (Å²) in [6, 6.07) is 5.98. The Morgan fingerprint density at radius 2 is 2.21 bits per heavy atom. The molecule has 1 aromatic carbocycles. The molecule has 0 saturated heterocycles. The van der Waals surface area contributed by atoms with Crippen LogP contribution in [0, 0.1) is 4.77 Å². The molecule has 24 heavy (non-hydrogen) atoms. The van der Waals surface area contributed by atoms with Gasteiger partial charge in [0.1, 0.15) is 5.75 Å². The first-order valence-corrected chi connectivity index (χ1v) is 7.92. The molecule has 7 nitrogen and oxygen atoms in total. The normalized spacial score (nSPS) is 10.4. The van der Waals surface area contributed by atoms with Crippen molar-refractivity contribution in [2.45, 2.75) is 13.0 Å². The minimum absolute atomic E-state index is 0.276. The topological polar surface area (TPSA) is 102 Å². The quantitative estimate of drug-likeness (QED) is 0.537. The lowest BCUT2D eigenvalue weighted by Crippen LogP contribution is -2.30. The van der Waals surface area contributed by atoms with E-state index in [0.29, 0.717) is 41.5 Å². The molecule has 0 aliphatic heterocycles. The maximum atomic E-state index is 11.9. The van der Waals surface area contributed by atoms with Crippen molar-refractivity contribution in [2.24, 2.45) is 5.73 Å². The summed E-state index contributed by atoms with van der Waals surface area (Å²) in [6.45, 7) is 0.864. The average molecular weight is 369 g/mol. The highest BCUT2D eigenvalue weighted by Crippen LogP contribution is 2.32. The molecule has 2 rings (SSSR count). The molecule has 0 atom stereocenters. The Morgan fingerprint density at radius 3 is 2.88 bits per heavy atom. The van der Waals surface area contributed by atoms with Crippen molar-refractivity contribution in [3.05, 3.63) is 44.4 Å². The number of halogens is 1. The second kappa shape index (κ2) is 7.98. The van der Waals surface area contributed by atoms with Crippen molar-refractivity contribution in [3.8, 4) is 17.0 Å². The lowest BCUT2D eigenvalue weighted by Gasteiger charge is -2.16. The number of rotatable bonds is 6. The predicted octanol–water partition coefficient (Wildman–Crippen LogP) is 2.29. The summed E-state index contributed by atoms with van der Waals surface area (Å²) in [5, 5.41) is 3.02. The first-order chi connectivity index (χ1) is 11.4. The summed E-state index contributed by atoms with van der Waals surface area (Å²) in [5.74, 6) is 0.573. The molecule has 0 unspecified atom stereocenters. The molecule has 2 aromatic rings. The Hall–Kier alpha value is -2.32. The van der Waals surface area contributed by atoms with Gasteiger partial charge in [0, 0.05) is 29.7 Å². The highest BCUT2D eigenvalue weighted by atomic mass is 35.5. The van der Waals surface area contributed by atoms with E-state index in [-0.39, 0.29) is 10.3 Å². The summed E-state index contributed by atoms with van der Waals surface area (Å²) in [5.41, 5.74) is 5.97. The number of benzene rings is 1. The lowest BCUT2D eigenvalue weighted by molar-refractivity contribution is 0.248. The fraction of sp³-hybridized carbons (Fsp3) is 0.267. The Labute approximate surface area is 148 Å². The van der Waals surface area contributed by atoms with E-state index in [0.717, 1.165) is 0 Å². The van der Waals surface area contributed by atoms with Crippen LogP contribution in [-0.2, 0) is 6.54 Å². The standard InChI is InChI=1S/C15H17ClN4O3S/c1-23-12-4-3-9(16)7-10(12)11-8-13(21)19-15(24)20(11)6-2-5-18-14(17)22/h3-4,7-8H,2,5-6H2,1H3,(H3,17,18,22)(H,19,21,24). The number of hydrogen-bond donors (Lipinski definition) is 3. The van der Waals surface area contributed by atoms with E-state index in [1.807, 2.05) is 0 Å². The number of primary amides is 1. The SMILES string of the molecule is COc1ccc(Cl)cc1-c1cc(=O)[nH]c(=S)n1CCCNC(N)=O. The summed E-state index contributed by atoms with van der Waals surface area (Å²) >= 11 is 11.3. The zero-order valence-electron chi connectivity index (χ0n) is 13.0. The second-order valence-electron chi connectivity index (χ2n) is 4.96. The fourth-order valence-corrected chi connectivity index (χ4v) is 2.76. The number of aromatic nitrogens is 2. The van der Waals surface area contributed by atoms with E-state index < -0.39 is 6.03 Å². The van der Waals surface area contributed by atoms with Gasteiger partial charge in [-0.1, -0.05) is 11.6 Å². The van der Waals surface area contributed by atoms with E-state index in [2.05, 4.69) is 10.3 Å². The smallest absolute Gasteiger partial charge is 0.312 e. The Morgan fingerprint density at radius 1 is 1.46 bits per heavy atom. The van der Waals surface area contributed by atoms with E-state index >= 15 is 0 Å². The number of carbonyl (C=O) groups excluding carboxylic acids is 1. The van der Waals surface area contributed by atoms with Gasteiger partial charge in [-0.25, -0.2) is 4.79 Å². The highest BCUT2D eigenvalue weighted by Gasteiger charge is 2.12. The third kappa shape index (κ3) is 4.36. The molecule has 128 valence electrons. The van der Waals surface area contributed by atoms with Crippen LogP contribution in [0.2, 0.25) is 5.02 Å².